The molecule has 148 valence electrons. The van der Waals surface area contributed by atoms with Crippen molar-refractivity contribution in [2.45, 2.75) is 31.9 Å². The van der Waals surface area contributed by atoms with Crippen molar-refractivity contribution in [3.8, 4) is 11.4 Å². The smallest absolute Gasteiger partial charge is 0.181 e. The molecule has 2 aliphatic rings. The second kappa shape index (κ2) is 5.96. The van der Waals surface area contributed by atoms with Crippen molar-refractivity contribution in [2.24, 2.45) is 5.41 Å². The molecule has 8 heteroatoms. The Kier molecular flexibility index (Phi) is 3.73. The average molecular weight is 384 g/mol. The van der Waals surface area contributed by atoms with Crippen molar-refractivity contribution in [2.75, 3.05) is 24.5 Å². The fourth-order valence-corrected chi connectivity index (χ4v) is 4.32. The maximum atomic E-state index is 14.6. The van der Waals surface area contributed by atoms with Gasteiger partial charge in [0, 0.05) is 32.6 Å². The highest BCUT2D eigenvalue weighted by Crippen LogP contribution is 2.57. The summed E-state index contributed by atoms with van der Waals surface area (Å²) in [6.07, 6.45) is 2.43. The van der Waals surface area contributed by atoms with Crippen LogP contribution in [0.3, 0.4) is 0 Å². The first-order valence-corrected chi connectivity index (χ1v) is 9.56. The zero-order chi connectivity index (χ0) is 19.5. The van der Waals surface area contributed by atoms with Gasteiger partial charge >= 0.3 is 0 Å². The highest BCUT2D eigenvalue weighted by atomic mass is 19.1. The molecule has 2 unspecified atom stereocenters. The minimum atomic E-state index is -0.709. The van der Waals surface area contributed by atoms with Gasteiger partial charge in [0.25, 0.3) is 0 Å². The Hall–Kier alpha value is -2.58. The summed E-state index contributed by atoms with van der Waals surface area (Å²) in [6.45, 7) is 6.28. The molecule has 2 fully saturated rings. The topological polar surface area (TPSA) is 90.0 Å². The van der Waals surface area contributed by atoms with Gasteiger partial charge in [-0.1, -0.05) is 13.8 Å². The van der Waals surface area contributed by atoms with E-state index in [4.69, 9.17) is 0 Å². The Balaban J connectivity index is 0.00000205. The van der Waals surface area contributed by atoms with Crippen molar-refractivity contribution >= 4 is 16.9 Å². The lowest BCUT2D eigenvalue weighted by atomic mass is 9.98. The summed E-state index contributed by atoms with van der Waals surface area (Å²) >= 11 is 0. The first-order valence-electron chi connectivity index (χ1n) is 9.56. The maximum absolute atomic E-state index is 14.6. The Morgan fingerprint density at radius 3 is 2.93 bits per heavy atom. The van der Waals surface area contributed by atoms with Crippen LogP contribution in [0.25, 0.3) is 22.4 Å². The van der Waals surface area contributed by atoms with Gasteiger partial charge in [-0.3, -0.25) is 5.10 Å². The largest absolute Gasteiger partial charge is 0.388 e. The zero-order valence-corrected chi connectivity index (χ0v) is 15.9. The second-order valence-electron chi connectivity index (χ2n) is 8.41. The first kappa shape index (κ1) is 17.5. The lowest BCUT2D eigenvalue weighted by Gasteiger charge is -2.38. The van der Waals surface area contributed by atoms with E-state index < -0.39 is 11.4 Å². The molecule has 0 radical (unpaired) electrons. The Bertz CT molecular complexity index is 1060. The summed E-state index contributed by atoms with van der Waals surface area (Å²) in [4.78, 5) is 10.9. The predicted molar refractivity (Wildman–Crippen MR) is 107 cm³/mol. The molecule has 0 bridgehead atoms. The summed E-state index contributed by atoms with van der Waals surface area (Å²) in [6, 6.07) is 6.74. The predicted octanol–water partition coefficient (Wildman–Crippen LogP) is 2.34. The standard InChI is InChI=1S/C20H23FN6O.H2/c1-19(2)11-20(19,28)14-10-27(9-8-22-14)15-6-5-13(21)17(24-15)16-12-4-3-7-23-18(12)26-25-16;/h3-7,14,22,28H,8-11H2,1-2H3,(H,23,25,26);1H. The van der Waals surface area contributed by atoms with Gasteiger partial charge in [0.15, 0.2) is 11.5 Å². The number of aliphatic hydroxyl groups is 1. The molecule has 3 aromatic heterocycles. The van der Waals surface area contributed by atoms with Crippen LogP contribution in [0.5, 0.6) is 0 Å². The van der Waals surface area contributed by atoms with Crippen LogP contribution in [0.1, 0.15) is 21.7 Å². The summed E-state index contributed by atoms with van der Waals surface area (Å²) in [7, 11) is 0. The highest BCUT2D eigenvalue weighted by molar-refractivity contribution is 5.89. The molecule has 3 aromatic rings. The van der Waals surface area contributed by atoms with Crippen LogP contribution in [0.2, 0.25) is 0 Å². The number of aromatic nitrogens is 4. The third kappa shape index (κ3) is 2.59. The van der Waals surface area contributed by atoms with Crippen LogP contribution in [0.15, 0.2) is 30.5 Å². The van der Waals surface area contributed by atoms with E-state index in [2.05, 4.69) is 44.2 Å². The molecule has 3 N–H and O–H groups in total. The van der Waals surface area contributed by atoms with E-state index >= 15 is 0 Å². The second-order valence-corrected chi connectivity index (χ2v) is 8.41. The van der Waals surface area contributed by atoms with Crippen molar-refractivity contribution in [3.63, 3.8) is 0 Å². The van der Waals surface area contributed by atoms with Crippen LogP contribution >= 0.6 is 0 Å². The number of piperazine rings is 1. The molecule has 28 heavy (non-hydrogen) atoms. The number of anilines is 1. The van der Waals surface area contributed by atoms with Gasteiger partial charge in [-0.05, 0) is 36.1 Å². The lowest BCUT2D eigenvalue weighted by Crippen LogP contribution is -2.58. The van der Waals surface area contributed by atoms with Gasteiger partial charge in [-0.15, -0.1) is 0 Å². The molecule has 0 amide bonds. The molecule has 2 atom stereocenters. The third-order valence-electron chi connectivity index (χ3n) is 6.23. The molecule has 4 heterocycles. The van der Waals surface area contributed by atoms with Crippen molar-refractivity contribution < 1.29 is 10.9 Å². The molecular weight excluding hydrogens is 359 g/mol. The van der Waals surface area contributed by atoms with Crippen LogP contribution < -0.4 is 10.2 Å². The van der Waals surface area contributed by atoms with Crippen LogP contribution in [-0.4, -0.2) is 56.5 Å². The van der Waals surface area contributed by atoms with E-state index in [9.17, 15) is 9.50 Å². The van der Waals surface area contributed by atoms with E-state index in [0.717, 1.165) is 24.9 Å². The van der Waals surface area contributed by atoms with E-state index in [1.165, 1.54) is 6.07 Å². The molecule has 5 rings (SSSR count). The van der Waals surface area contributed by atoms with Crippen LogP contribution in [0, 0.1) is 11.2 Å². The molecular formula is C20H25FN6O. The first-order chi connectivity index (χ1) is 13.4. The molecule has 1 aliphatic carbocycles. The molecule has 1 aliphatic heterocycles. The Morgan fingerprint density at radius 2 is 2.14 bits per heavy atom. The van der Waals surface area contributed by atoms with Gasteiger partial charge in [-0.2, -0.15) is 5.10 Å². The maximum Gasteiger partial charge on any atom is 0.181 e. The van der Waals surface area contributed by atoms with Crippen LogP contribution in [-0.2, 0) is 0 Å². The Morgan fingerprint density at radius 1 is 1.32 bits per heavy atom. The monoisotopic (exact) mass is 384 g/mol. The minimum Gasteiger partial charge on any atom is -0.388 e. The molecule has 1 saturated carbocycles. The number of fused-ring (bicyclic) bond motifs is 1. The fraction of sp³-hybridized carbons (Fsp3) is 0.450. The van der Waals surface area contributed by atoms with Gasteiger partial charge in [-0.25, -0.2) is 14.4 Å². The van der Waals surface area contributed by atoms with E-state index in [0.29, 0.717) is 23.7 Å². The van der Waals surface area contributed by atoms with Gasteiger partial charge in [0.1, 0.15) is 11.5 Å². The highest BCUT2D eigenvalue weighted by Gasteiger charge is 2.64. The summed E-state index contributed by atoms with van der Waals surface area (Å²) in [5.74, 6) is 0.281. The number of halogens is 1. The number of hydrogen-bond acceptors (Lipinski definition) is 6. The fourth-order valence-electron chi connectivity index (χ4n) is 4.32. The van der Waals surface area contributed by atoms with Crippen molar-refractivity contribution in [1.82, 2.24) is 25.5 Å². The normalized spacial score (nSPS) is 26.6. The van der Waals surface area contributed by atoms with Gasteiger partial charge < -0.3 is 15.3 Å². The molecule has 1 saturated heterocycles. The third-order valence-corrected chi connectivity index (χ3v) is 6.23. The number of rotatable bonds is 3. The van der Waals surface area contributed by atoms with E-state index in [1.807, 2.05) is 6.07 Å². The van der Waals surface area contributed by atoms with E-state index in [-0.39, 0.29) is 18.6 Å². The summed E-state index contributed by atoms with van der Waals surface area (Å²) < 4.78 is 14.6. The molecule has 7 nitrogen and oxygen atoms in total. The van der Waals surface area contributed by atoms with Gasteiger partial charge in [0.2, 0.25) is 0 Å². The molecule has 0 spiro atoms. The number of pyridine rings is 2. The Labute approximate surface area is 163 Å². The summed E-state index contributed by atoms with van der Waals surface area (Å²) in [5.41, 5.74) is 0.491. The van der Waals surface area contributed by atoms with Crippen molar-refractivity contribution in [1.29, 1.82) is 0 Å². The van der Waals surface area contributed by atoms with Crippen LogP contribution in [0.4, 0.5) is 10.2 Å². The zero-order valence-electron chi connectivity index (χ0n) is 15.9. The van der Waals surface area contributed by atoms with Crippen molar-refractivity contribution in [3.05, 3.63) is 36.3 Å². The summed E-state index contributed by atoms with van der Waals surface area (Å²) in [5, 5.41) is 22.1. The average Bonchev–Trinajstić information content (AvgIpc) is 3.03. The quantitative estimate of drug-likeness (QED) is 0.642. The SMILES string of the molecule is CC1(C)CC1(O)C1CN(c2ccc(F)c(-c3[nH]nc4ncccc34)n2)CCN1.[HH]. The van der Waals surface area contributed by atoms with E-state index in [1.54, 1.807) is 18.3 Å². The number of H-pyrrole nitrogens is 1. The number of nitrogens with zero attached hydrogens (tertiary/aromatic N) is 4. The lowest BCUT2D eigenvalue weighted by molar-refractivity contribution is 0.0641. The number of hydrogen-bond donors (Lipinski definition) is 3. The number of aromatic amines is 1. The van der Waals surface area contributed by atoms with Gasteiger partial charge in [0.05, 0.1) is 17.3 Å². The number of nitrogens with one attached hydrogen (secondary N) is 2. The molecule has 0 aromatic carbocycles. The minimum absolute atomic E-state index is 0.